The molecule has 0 amide bonds. The molecule has 0 atom stereocenters. The van der Waals surface area contributed by atoms with Crippen molar-refractivity contribution >= 4 is 0 Å². The van der Waals surface area contributed by atoms with Crippen molar-refractivity contribution in [3.05, 3.63) is 17.5 Å². The molecule has 0 unspecified atom stereocenters. The van der Waals surface area contributed by atoms with Crippen molar-refractivity contribution in [2.45, 2.75) is 19.9 Å². The number of aliphatic hydroxyl groups excluding tert-OH is 1. The fourth-order valence-corrected chi connectivity index (χ4v) is 1.29. The molecule has 6 heteroatoms. The third kappa shape index (κ3) is 4.35. The van der Waals surface area contributed by atoms with Crippen LogP contribution in [0.25, 0.3) is 0 Å². The largest absolute Gasteiger partial charge is 0.395 e. The maximum absolute atomic E-state index is 12.1. The summed E-state index contributed by atoms with van der Waals surface area (Å²) in [5.74, 6) is 0.644. The van der Waals surface area contributed by atoms with Gasteiger partial charge in [0.25, 0.3) is 6.43 Å². The topological polar surface area (TPSA) is 49.5 Å². The number of aromatic nitrogens is 1. The van der Waals surface area contributed by atoms with E-state index in [1.165, 1.54) is 4.90 Å². The molecule has 1 heterocycles. The van der Waals surface area contributed by atoms with Crippen LogP contribution in [0.15, 0.2) is 10.6 Å². The van der Waals surface area contributed by atoms with E-state index in [0.717, 1.165) is 0 Å². The molecule has 0 aliphatic carbocycles. The van der Waals surface area contributed by atoms with Crippen LogP contribution in [0.5, 0.6) is 0 Å². The molecule has 0 aliphatic heterocycles. The Hall–Kier alpha value is -1.01. The van der Waals surface area contributed by atoms with E-state index in [2.05, 4.69) is 5.16 Å². The standard InChI is InChI=1S/C9H14F2N2O2/c1-7-4-8(12-15-7)5-13(2-3-14)6-9(10)11/h4,9,14H,2-3,5-6H2,1H3. The Morgan fingerprint density at radius 3 is 2.80 bits per heavy atom. The Labute approximate surface area is 86.5 Å². The van der Waals surface area contributed by atoms with Gasteiger partial charge in [0.05, 0.1) is 18.8 Å². The van der Waals surface area contributed by atoms with Crippen LogP contribution in [0.1, 0.15) is 11.5 Å². The van der Waals surface area contributed by atoms with Gasteiger partial charge in [-0.15, -0.1) is 0 Å². The highest BCUT2D eigenvalue weighted by atomic mass is 19.3. The maximum atomic E-state index is 12.1. The van der Waals surface area contributed by atoms with Crippen molar-refractivity contribution in [2.75, 3.05) is 19.7 Å². The summed E-state index contributed by atoms with van der Waals surface area (Å²) in [6.07, 6.45) is -2.41. The fourth-order valence-electron chi connectivity index (χ4n) is 1.29. The fraction of sp³-hybridized carbons (Fsp3) is 0.667. The minimum absolute atomic E-state index is 0.149. The molecule has 0 saturated heterocycles. The predicted molar refractivity (Wildman–Crippen MR) is 49.6 cm³/mol. The quantitative estimate of drug-likeness (QED) is 0.778. The highest BCUT2D eigenvalue weighted by Gasteiger charge is 2.13. The number of aryl methyl sites for hydroxylation is 1. The molecular formula is C9H14F2N2O2. The number of halogens is 2. The van der Waals surface area contributed by atoms with Crippen molar-refractivity contribution in [3.8, 4) is 0 Å². The molecule has 0 aliphatic rings. The molecule has 1 aromatic heterocycles. The Morgan fingerprint density at radius 1 is 1.60 bits per heavy atom. The van der Waals surface area contributed by atoms with Crippen molar-refractivity contribution < 1.29 is 18.4 Å². The van der Waals surface area contributed by atoms with Crippen LogP contribution >= 0.6 is 0 Å². The summed E-state index contributed by atoms with van der Waals surface area (Å²) < 4.78 is 29.1. The van der Waals surface area contributed by atoms with Crippen LogP contribution < -0.4 is 0 Å². The van der Waals surface area contributed by atoms with Gasteiger partial charge in [-0.1, -0.05) is 5.16 Å². The van der Waals surface area contributed by atoms with Gasteiger partial charge in [0.1, 0.15) is 5.76 Å². The zero-order chi connectivity index (χ0) is 11.3. The molecule has 86 valence electrons. The Bertz CT molecular complexity index is 291. The predicted octanol–water partition coefficient (Wildman–Crippen LogP) is 1.04. The van der Waals surface area contributed by atoms with Crippen LogP contribution in [0, 0.1) is 6.92 Å². The monoisotopic (exact) mass is 220 g/mol. The first kappa shape index (κ1) is 12.1. The van der Waals surface area contributed by atoms with Gasteiger partial charge in [-0.3, -0.25) is 4.90 Å². The lowest BCUT2D eigenvalue weighted by Gasteiger charge is -2.18. The van der Waals surface area contributed by atoms with E-state index in [4.69, 9.17) is 9.63 Å². The minimum atomic E-state index is -2.41. The van der Waals surface area contributed by atoms with E-state index >= 15 is 0 Å². The summed E-state index contributed by atoms with van der Waals surface area (Å²) >= 11 is 0. The summed E-state index contributed by atoms with van der Waals surface area (Å²) in [5.41, 5.74) is 0.599. The van der Waals surface area contributed by atoms with Gasteiger partial charge in [0.15, 0.2) is 0 Å². The van der Waals surface area contributed by atoms with E-state index in [0.29, 0.717) is 11.5 Å². The second-order valence-corrected chi connectivity index (χ2v) is 3.28. The highest BCUT2D eigenvalue weighted by molar-refractivity contribution is 5.03. The summed E-state index contributed by atoms with van der Waals surface area (Å²) in [6, 6.07) is 1.69. The number of nitrogens with zero attached hydrogens (tertiary/aromatic N) is 2. The molecule has 0 bridgehead atoms. The first-order valence-corrected chi connectivity index (χ1v) is 4.65. The molecular weight excluding hydrogens is 206 g/mol. The lowest BCUT2D eigenvalue weighted by Crippen LogP contribution is -2.31. The Morgan fingerprint density at radius 2 is 2.33 bits per heavy atom. The molecule has 0 fully saturated rings. The van der Waals surface area contributed by atoms with E-state index in [-0.39, 0.29) is 26.2 Å². The summed E-state index contributed by atoms with van der Waals surface area (Å²) in [5, 5.41) is 12.4. The first-order valence-electron chi connectivity index (χ1n) is 4.65. The Balaban J connectivity index is 2.50. The van der Waals surface area contributed by atoms with Crippen molar-refractivity contribution in [3.63, 3.8) is 0 Å². The number of rotatable bonds is 6. The normalized spacial score (nSPS) is 11.6. The number of alkyl halides is 2. The average molecular weight is 220 g/mol. The molecule has 0 aromatic carbocycles. The third-order valence-corrected chi connectivity index (χ3v) is 1.87. The maximum Gasteiger partial charge on any atom is 0.251 e. The van der Waals surface area contributed by atoms with Gasteiger partial charge >= 0.3 is 0 Å². The van der Waals surface area contributed by atoms with Crippen LogP contribution in [0.3, 0.4) is 0 Å². The van der Waals surface area contributed by atoms with Gasteiger partial charge in [-0.2, -0.15) is 0 Å². The van der Waals surface area contributed by atoms with Gasteiger partial charge in [0.2, 0.25) is 0 Å². The second-order valence-electron chi connectivity index (χ2n) is 3.28. The Kier molecular flexibility index (Phi) is 4.64. The van der Waals surface area contributed by atoms with Gasteiger partial charge < -0.3 is 9.63 Å². The van der Waals surface area contributed by atoms with Gasteiger partial charge in [-0.05, 0) is 6.92 Å². The van der Waals surface area contributed by atoms with E-state index in [1.807, 2.05) is 0 Å². The van der Waals surface area contributed by atoms with Crippen LogP contribution in [0.2, 0.25) is 0 Å². The van der Waals surface area contributed by atoms with Crippen molar-refractivity contribution in [2.24, 2.45) is 0 Å². The third-order valence-electron chi connectivity index (χ3n) is 1.87. The molecule has 0 saturated carbocycles. The second kappa shape index (κ2) is 5.77. The first-order chi connectivity index (χ1) is 7.11. The van der Waals surface area contributed by atoms with E-state index < -0.39 is 6.43 Å². The zero-order valence-corrected chi connectivity index (χ0v) is 8.49. The minimum Gasteiger partial charge on any atom is -0.395 e. The van der Waals surface area contributed by atoms with E-state index in [1.54, 1.807) is 13.0 Å². The lowest BCUT2D eigenvalue weighted by molar-refractivity contribution is 0.0735. The summed E-state index contributed by atoms with van der Waals surface area (Å²) in [6.45, 7) is 1.69. The van der Waals surface area contributed by atoms with E-state index in [9.17, 15) is 8.78 Å². The average Bonchev–Trinajstić information content (AvgIpc) is 2.50. The van der Waals surface area contributed by atoms with Gasteiger partial charge in [-0.25, -0.2) is 8.78 Å². The SMILES string of the molecule is Cc1cc(CN(CCO)CC(F)F)no1. The smallest absolute Gasteiger partial charge is 0.251 e. The van der Waals surface area contributed by atoms with Crippen molar-refractivity contribution in [1.29, 1.82) is 0 Å². The molecule has 0 radical (unpaired) electrons. The molecule has 1 aromatic rings. The zero-order valence-electron chi connectivity index (χ0n) is 8.49. The highest BCUT2D eigenvalue weighted by Crippen LogP contribution is 2.07. The molecule has 0 spiro atoms. The number of hydrogen-bond donors (Lipinski definition) is 1. The summed E-state index contributed by atoms with van der Waals surface area (Å²) in [4.78, 5) is 1.43. The van der Waals surface area contributed by atoms with Crippen LogP contribution in [0.4, 0.5) is 8.78 Å². The van der Waals surface area contributed by atoms with Crippen LogP contribution in [-0.4, -0.2) is 41.3 Å². The molecule has 1 rings (SSSR count). The van der Waals surface area contributed by atoms with Crippen molar-refractivity contribution in [1.82, 2.24) is 10.1 Å². The van der Waals surface area contributed by atoms with Gasteiger partial charge in [0, 0.05) is 19.2 Å². The summed E-state index contributed by atoms with van der Waals surface area (Å²) in [7, 11) is 0. The molecule has 4 nitrogen and oxygen atoms in total. The molecule has 15 heavy (non-hydrogen) atoms. The molecule has 1 N–H and O–H groups in total. The lowest BCUT2D eigenvalue weighted by atomic mass is 10.3. The van der Waals surface area contributed by atoms with Crippen LogP contribution in [-0.2, 0) is 6.54 Å². The number of aliphatic hydroxyl groups is 1. The number of hydrogen-bond acceptors (Lipinski definition) is 4.